The Hall–Kier alpha value is -0.500. The third-order valence-electron chi connectivity index (χ3n) is 7.94. The largest absolute Gasteiger partial charge is 0.659 e. The second kappa shape index (κ2) is 6.91. The Morgan fingerprint density at radius 2 is 2.12 bits per heavy atom. The van der Waals surface area contributed by atoms with Gasteiger partial charge in [-0.05, 0) is 81.3 Å². The van der Waals surface area contributed by atoms with Crippen molar-refractivity contribution in [3.63, 3.8) is 0 Å². The van der Waals surface area contributed by atoms with E-state index >= 15 is 0 Å². The summed E-state index contributed by atoms with van der Waals surface area (Å²) in [6.07, 6.45) is 7.49. The van der Waals surface area contributed by atoms with E-state index in [0.29, 0.717) is 11.8 Å². The number of isothiocyanates is 1. The molecule has 0 aromatic carbocycles. The minimum atomic E-state index is -0.112. The van der Waals surface area contributed by atoms with Gasteiger partial charge < -0.3 is 5.32 Å². The first kappa shape index (κ1) is 19.3. The van der Waals surface area contributed by atoms with Gasteiger partial charge in [-0.25, -0.2) is 4.99 Å². The second-order valence-electron chi connectivity index (χ2n) is 9.88. The molecular weight excluding hydrogens is 324 g/mol. The van der Waals surface area contributed by atoms with Crippen molar-refractivity contribution in [2.24, 2.45) is 40.5 Å². The molecule has 0 N–H and O–H groups in total. The van der Waals surface area contributed by atoms with Gasteiger partial charge in [0, 0.05) is 0 Å². The van der Waals surface area contributed by atoms with E-state index in [-0.39, 0.29) is 11.1 Å². The van der Waals surface area contributed by atoms with Crippen molar-refractivity contribution in [3.05, 3.63) is 17.5 Å². The van der Waals surface area contributed by atoms with Crippen molar-refractivity contribution >= 4 is 17.4 Å². The molecule has 0 amide bonds. The monoisotopic (exact) mass is 359 g/mol. The van der Waals surface area contributed by atoms with Crippen LogP contribution in [0.3, 0.4) is 0 Å². The molecule has 3 rings (SSSR count). The molecule has 140 valence electrons. The third kappa shape index (κ3) is 3.40. The average Bonchev–Trinajstić information content (AvgIpc) is 2.53. The van der Waals surface area contributed by atoms with Crippen LogP contribution in [0, 0.1) is 35.5 Å². The first-order chi connectivity index (χ1) is 11.7. The fourth-order valence-corrected chi connectivity index (χ4v) is 7.01. The molecule has 2 nitrogen and oxygen atoms in total. The Morgan fingerprint density at radius 1 is 1.40 bits per heavy atom. The molecule has 0 bridgehead atoms. The first-order valence-electron chi connectivity index (χ1n) is 10.1. The summed E-state index contributed by atoms with van der Waals surface area (Å²) in [5.41, 5.74) is 1.56. The van der Waals surface area contributed by atoms with Crippen molar-refractivity contribution < 1.29 is 0 Å². The Morgan fingerprint density at radius 3 is 2.76 bits per heavy atom. The third-order valence-corrected chi connectivity index (χ3v) is 8.03. The molecule has 0 aromatic rings. The van der Waals surface area contributed by atoms with Gasteiger partial charge in [0.2, 0.25) is 0 Å². The maximum Gasteiger partial charge on any atom is 0.0657 e. The molecule has 3 heteroatoms. The molecule has 0 aromatic heterocycles. The Labute approximate surface area is 159 Å². The molecule has 7 unspecified atom stereocenters. The molecule has 7 atom stereocenters. The van der Waals surface area contributed by atoms with Crippen LogP contribution in [0.4, 0.5) is 0 Å². The van der Waals surface area contributed by atoms with Crippen LogP contribution in [0.15, 0.2) is 17.1 Å². The molecule has 0 spiro atoms. The van der Waals surface area contributed by atoms with Crippen LogP contribution in [0.5, 0.6) is 0 Å². The van der Waals surface area contributed by atoms with E-state index in [1.165, 1.54) is 37.7 Å². The topological polar surface area (TPSA) is 26.5 Å². The van der Waals surface area contributed by atoms with Crippen LogP contribution < -0.4 is 0 Å². The molecule has 3 saturated carbocycles. The summed E-state index contributed by atoms with van der Waals surface area (Å²) in [7, 11) is 2.04. The van der Waals surface area contributed by atoms with Crippen LogP contribution in [0.1, 0.15) is 66.2 Å². The highest BCUT2D eigenvalue weighted by Crippen LogP contribution is 2.62. The zero-order chi connectivity index (χ0) is 18.4. The summed E-state index contributed by atoms with van der Waals surface area (Å²) in [4.78, 5) is 4.47. The second-order valence-corrected chi connectivity index (χ2v) is 10.1. The smallest absolute Gasteiger partial charge is 0.0657 e. The summed E-state index contributed by atoms with van der Waals surface area (Å²) in [6.45, 7) is 13.9. The van der Waals surface area contributed by atoms with E-state index in [4.69, 9.17) is 17.5 Å². The van der Waals surface area contributed by atoms with Gasteiger partial charge >= 0.3 is 0 Å². The average molecular weight is 360 g/mol. The van der Waals surface area contributed by atoms with E-state index in [1.54, 1.807) is 0 Å². The van der Waals surface area contributed by atoms with Crippen molar-refractivity contribution in [1.29, 1.82) is 0 Å². The Bertz CT molecular complexity index is 577. The number of nitrogens with zero attached hydrogens (tertiary/aromatic N) is 2. The van der Waals surface area contributed by atoms with Crippen LogP contribution >= 0.6 is 12.2 Å². The molecular formula is C22H35N2S-. The summed E-state index contributed by atoms with van der Waals surface area (Å²) in [5, 5.41) is 7.52. The SMILES string of the molecule is C=C1CCC2C3C(CCC2(C)[N-]C)C(C)CC(CC(C)(C)N=C=S)C13. The van der Waals surface area contributed by atoms with Crippen molar-refractivity contribution in [2.75, 3.05) is 7.05 Å². The zero-order valence-corrected chi connectivity index (χ0v) is 17.5. The van der Waals surface area contributed by atoms with E-state index in [0.717, 1.165) is 30.1 Å². The molecule has 0 heterocycles. The molecule has 3 aliphatic rings. The lowest BCUT2D eigenvalue weighted by Crippen LogP contribution is -2.56. The highest BCUT2D eigenvalue weighted by atomic mass is 32.1. The quantitative estimate of drug-likeness (QED) is 0.329. The maximum atomic E-state index is 4.90. The first-order valence-corrected chi connectivity index (χ1v) is 10.5. The normalized spacial score (nSPS) is 44.0. The number of allylic oxidation sites excluding steroid dienone is 1. The Kier molecular flexibility index (Phi) is 5.32. The van der Waals surface area contributed by atoms with Crippen molar-refractivity contribution in [2.45, 2.75) is 77.3 Å². The van der Waals surface area contributed by atoms with Crippen molar-refractivity contribution in [3.8, 4) is 0 Å². The standard InChI is InChI=1S/C22H35N2S/c1-14-7-8-18-20-17(9-10-22(18,5)23-6)15(2)11-16(19(14)20)12-21(3,4)24-13-25/h15-20H,1,7-12H2,2-6H3/q-1. The number of hydrogen-bond donors (Lipinski definition) is 0. The van der Waals surface area contributed by atoms with Crippen molar-refractivity contribution in [1.82, 2.24) is 0 Å². The van der Waals surface area contributed by atoms with Gasteiger partial charge in [0.25, 0.3) is 0 Å². The predicted octanol–water partition coefficient (Wildman–Crippen LogP) is 6.28. The number of thiocarbonyl (C=S) groups is 1. The Balaban J connectivity index is 1.94. The lowest BCUT2D eigenvalue weighted by Gasteiger charge is -2.65. The van der Waals surface area contributed by atoms with Gasteiger partial charge in [-0.2, -0.15) is 7.05 Å². The summed E-state index contributed by atoms with van der Waals surface area (Å²) in [6, 6.07) is 0. The minimum absolute atomic E-state index is 0.112. The van der Waals surface area contributed by atoms with Crippen LogP contribution in [-0.4, -0.2) is 23.3 Å². The van der Waals surface area contributed by atoms with E-state index in [1.807, 2.05) is 7.05 Å². The molecule has 25 heavy (non-hydrogen) atoms. The summed E-state index contributed by atoms with van der Waals surface area (Å²) < 4.78 is 0. The summed E-state index contributed by atoms with van der Waals surface area (Å²) in [5.74, 6) is 4.48. The van der Waals surface area contributed by atoms with Crippen LogP contribution in [-0.2, 0) is 0 Å². The highest BCUT2D eigenvalue weighted by Gasteiger charge is 2.53. The predicted molar refractivity (Wildman–Crippen MR) is 110 cm³/mol. The minimum Gasteiger partial charge on any atom is -0.659 e. The maximum absolute atomic E-state index is 4.90. The number of rotatable bonds is 4. The molecule has 0 radical (unpaired) electrons. The van der Waals surface area contributed by atoms with Gasteiger partial charge in [0.05, 0.1) is 10.7 Å². The summed E-state index contributed by atoms with van der Waals surface area (Å²) >= 11 is 4.89. The van der Waals surface area contributed by atoms with Gasteiger partial charge in [-0.3, -0.25) is 0 Å². The number of aliphatic imine (C=N–C) groups is 1. The fraction of sp³-hybridized carbons (Fsp3) is 0.864. The molecule has 3 fully saturated rings. The van der Waals surface area contributed by atoms with E-state index in [2.05, 4.69) is 44.4 Å². The van der Waals surface area contributed by atoms with Gasteiger partial charge in [0.1, 0.15) is 0 Å². The van der Waals surface area contributed by atoms with Gasteiger partial charge in [-0.15, -0.1) is 5.54 Å². The van der Waals surface area contributed by atoms with Gasteiger partial charge in [-0.1, -0.05) is 44.8 Å². The highest BCUT2D eigenvalue weighted by molar-refractivity contribution is 7.78. The lowest BCUT2D eigenvalue weighted by molar-refractivity contribution is -0.0559. The molecule has 0 aliphatic heterocycles. The molecule has 3 aliphatic carbocycles. The zero-order valence-electron chi connectivity index (χ0n) is 16.7. The molecule has 0 saturated heterocycles. The van der Waals surface area contributed by atoms with Crippen LogP contribution in [0.25, 0.3) is 5.32 Å². The van der Waals surface area contributed by atoms with Gasteiger partial charge in [0.15, 0.2) is 0 Å². The fourth-order valence-electron chi connectivity index (χ4n) is 6.76. The number of hydrogen-bond acceptors (Lipinski definition) is 2. The lowest BCUT2D eigenvalue weighted by atomic mass is 9.46. The van der Waals surface area contributed by atoms with E-state index < -0.39 is 0 Å². The van der Waals surface area contributed by atoms with Crippen LogP contribution in [0.2, 0.25) is 0 Å². The van der Waals surface area contributed by atoms with E-state index in [9.17, 15) is 0 Å².